The third kappa shape index (κ3) is 6.06. The van der Waals surface area contributed by atoms with Gasteiger partial charge in [0.15, 0.2) is 0 Å². The van der Waals surface area contributed by atoms with Gasteiger partial charge in [-0.15, -0.1) is 12.4 Å². The zero-order valence-electron chi connectivity index (χ0n) is 18.3. The van der Waals surface area contributed by atoms with Gasteiger partial charge in [-0.2, -0.15) is 0 Å². The lowest BCUT2D eigenvalue weighted by atomic mass is 10.00. The predicted molar refractivity (Wildman–Crippen MR) is 137 cm³/mol. The van der Waals surface area contributed by atoms with Crippen LogP contribution in [0, 0.1) is 5.41 Å². The van der Waals surface area contributed by atoms with E-state index in [0.717, 1.165) is 44.3 Å². The largest absolute Gasteiger partial charge is 0.384 e. The van der Waals surface area contributed by atoms with Gasteiger partial charge in [0.2, 0.25) is 0 Å². The minimum Gasteiger partial charge on any atom is -0.384 e. The van der Waals surface area contributed by atoms with Crippen LogP contribution in [0.15, 0.2) is 77.7 Å². The standard InChI is InChI=1S/C25H28N4O2S.ClH/c26-25(27)20-12-10-19(11-13-20)6-4-16-29-17-5-7-21-18-22(14-15-24(21)29)28-32(30,31)23-8-2-1-3-9-23;/h1-3,8-15,18,28H,4-7,16-17H2,(H3,26,27);1H. The highest BCUT2D eigenvalue weighted by Gasteiger charge is 2.19. The van der Waals surface area contributed by atoms with Crippen LogP contribution < -0.4 is 15.4 Å². The van der Waals surface area contributed by atoms with E-state index in [0.29, 0.717) is 5.69 Å². The number of anilines is 2. The number of sulfonamides is 1. The van der Waals surface area contributed by atoms with Gasteiger partial charge in [0.05, 0.1) is 4.90 Å². The first-order chi connectivity index (χ1) is 15.4. The van der Waals surface area contributed by atoms with Crippen LogP contribution in [0.5, 0.6) is 0 Å². The highest BCUT2D eigenvalue weighted by atomic mass is 35.5. The second kappa shape index (κ2) is 10.7. The molecule has 1 heterocycles. The molecule has 4 N–H and O–H groups in total. The number of aryl methyl sites for hydroxylation is 2. The van der Waals surface area contributed by atoms with Crippen molar-refractivity contribution in [3.63, 3.8) is 0 Å². The number of nitrogens with two attached hydrogens (primary N) is 1. The van der Waals surface area contributed by atoms with E-state index < -0.39 is 10.0 Å². The summed E-state index contributed by atoms with van der Waals surface area (Å²) in [6, 6.07) is 22.1. The summed E-state index contributed by atoms with van der Waals surface area (Å²) >= 11 is 0. The fourth-order valence-corrected chi connectivity index (χ4v) is 5.18. The van der Waals surface area contributed by atoms with Crippen molar-refractivity contribution in [1.29, 1.82) is 5.41 Å². The van der Waals surface area contributed by atoms with Gasteiger partial charge in [0.1, 0.15) is 5.84 Å². The maximum atomic E-state index is 12.6. The van der Waals surface area contributed by atoms with Crippen molar-refractivity contribution in [3.8, 4) is 0 Å². The molecule has 0 unspecified atom stereocenters. The second-order valence-electron chi connectivity index (χ2n) is 8.07. The summed E-state index contributed by atoms with van der Waals surface area (Å²) in [5.74, 6) is 0.0897. The van der Waals surface area contributed by atoms with E-state index in [4.69, 9.17) is 11.1 Å². The minimum absolute atomic E-state index is 0. The maximum absolute atomic E-state index is 12.6. The summed E-state index contributed by atoms with van der Waals surface area (Å²) in [7, 11) is -3.59. The Hall–Kier alpha value is -3.03. The summed E-state index contributed by atoms with van der Waals surface area (Å²) < 4.78 is 28.0. The molecule has 6 nitrogen and oxygen atoms in total. The van der Waals surface area contributed by atoms with Gasteiger partial charge in [-0.05, 0) is 67.1 Å². The second-order valence-corrected chi connectivity index (χ2v) is 9.75. The van der Waals surface area contributed by atoms with Gasteiger partial charge >= 0.3 is 0 Å². The quantitative estimate of drug-likeness (QED) is 0.322. The maximum Gasteiger partial charge on any atom is 0.261 e. The average Bonchev–Trinajstić information content (AvgIpc) is 2.80. The molecule has 174 valence electrons. The van der Waals surface area contributed by atoms with E-state index in [9.17, 15) is 8.42 Å². The third-order valence-electron chi connectivity index (χ3n) is 5.76. The molecule has 3 aromatic rings. The Morgan fingerprint density at radius 1 is 1.03 bits per heavy atom. The minimum atomic E-state index is -3.59. The summed E-state index contributed by atoms with van der Waals surface area (Å²) in [4.78, 5) is 2.65. The van der Waals surface area contributed by atoms with Crippen LogP contribution in [0.25, 0.3) is 0 Å². The Morgan fingerprint density at radius 2 is 1.76 bits per heavy atom. The Labute approximate surface area is 201 Å². The first kappa shape index (κ1) is 24.6. The number of hydrogen-bond acceptors (Lipinski definition) is 4. The summed E-state index contributed by atoms with van der Waals surface area (Å²) in [6.45, 7) is 1.95. The lowest BCUT2D eigenvalue weighted by Crippen LogP contribution is -2.30. The molecule has 1 aliphatic rings. The van der Waals surface area contributed by atoms with Crippen molar-refractivity contribution < 1.29 is 8.42 Å². The Morgan fingerprint density at radius 3 is 2.45 bits per heavy atom. The molecule has 0 fully saturated rings. The van der Waals surface area contributed by atoms with E-state index in [1.54, 1.807) is 30.3 Å². The lowest BCUT2D eigenvalue weighted by molar-refractivity contribution is 0.601. The summed E-state index contributed by atoms with van der Waals surface area (Å²) in [6.07, 6.45) is 3.97. The number of nitrogens with one attached hydrogen (secondary N) is 2. The zero-order chi connectivity index (χ0) is 22.6. The molecule has 0 radical (unpaired) electrons. The monoisotopic (exact) mass is 484 g/mol. The number of fused-ring (bicyclic) bond motifs is 1. The molecule has 3 aromatic carbocycles. The van der Waals surface area contributed by atoms with Crippen molar-refractivity contribution in [3.05, 3.63) is 89.5 Å². The molecule has 0 spiro atoms. The van der Waals surface area contributed by atoms with Crippen LogP contribution in [0.4, 0.5) is 11.4 Å². The van der Waals surface area contributed by atoms with Crippen LogP contribution in [-0.4, -0.2) is 27.3 Å². The molecule has 0 saturated carbocycles. The molecule has 0 saturated heterocycles. The first-order valence-electron chi connectivity index (χ1n) is 10.8. The zero-order valence-corrected chi connectivity index (χ0v) is 20.0. The molecular formula is C25H29ClN4O2S. The van der Waals surface area contributed by atoms with Crippen molar-refractivity contribution in [2.45, 2.75) is 30.6 Å². The Bertz CT molecular complexity index is 1200. The third-order valence-corrected chi connectivity index (χ3v) is 7.16. The molecule has 4 rings (SSSR count). The predicted octanol–water partition coefficient (Wildman–Crippen LogP) is 4.58. The number of hydrogen-bond donors (Lipinski definition) is 3. The number of benzene rings is 3. The first-order valence-corrected chi connectivity index (χ1v) is 12.3. The van der Waals surface area contributed by atoms with E-state index >= 15 is 0 Å². The topological polar surface area (TPSA) is 99.3 Å². The molecule has 1 aliphatic heterocycles. The molecule has 33 heavy (non-hydrogen) atoms. The summed E-state index contributed by atoms with van der Waals surface area (Å²) in [5, 5.41) is 7.49. The van der Waals surface area contributed by atoms with Crippen molar-refractivity contribution in [1.82, 2.24) is 0 Å². The van der Waals surface area contributed by atoms with Gasteiger partial charge in [0, 0.05) is 30.0 Å². The van der Waals surface area contributed by atoms with E-state index in [2.05, 4.69) is 9.62 Å². The van der Waals surface area contributed by atoms with Crippen LogP contribution in [0.3, 0.4) is 0 Å². The van der Waals surface area contributed by atoms with Crippen molar-refractivity contribution >= 4 is 39.6 Å². The number of nitrogen functional groups attached to an aromatic ring is 1. The molecular weight excluding hydrogens is 456 g/mol. The normalized spacial score (nSPS) is 13.0. The smallest absolute Gasteiger partial charge is 0.261 e. The van der Waals surface area contributed by atoms with Gasteiger partial charge in [-0.3, -0.25) is 10.1 Å². The number of nitrogens with zero attached hydrogens (tertiary/aromatic N) is 1. The molecule has 0 amide bonds. The number of amidine groups is 1. The van der Waals surface area contributed by atoms with Crippen LogP contribution in [0.2, 0.25) is 0 Å². The Kier molecular flexibility index (Phi) is 8.00. The summed E-state index contributed by atoms with van der Waals surface area (Å²) in [5.41, 5.74) is 10.5. The average molecular weight is 485 g/mol. The van der Waals surface area contributed by atoms with Crippen LogP contribution >= 0.6 is 12.4 Å². The molecule has 0 atom stereocenters. The molecule has 0 aliphatic carbocycles. The van der Waals surface area contributed by atoms with E-state index in [-0.39, 0.29) is 23.1 Å². The van der Waals surface area contributed by atoms with Crippen molar-refractivity contribution in [2.75, 3.05) is 22.7 Å². The molecule has 8 heteroatoms. The van der Waals surface area contributed by atoms with Crippen LogP contribution in [0.1, 0.15) is 29.5 Å². The van der Waals surface area contributed by atoms with Gasteiger partial charge < -0.3 is 10.6 Å². The van der Waals surface area contributed by atoms with Crippen molar-refractivity contribution in [2.24, 2.45) is 5.73 Å². The van der Waals surface area contributed by atoms with E-state index in [1.807, 2.05) is 42.5 Å². The highest BCUT2D eigenvalue weighted by molar-refractivity contribution is 7.92. The van der Waals surface area contributed by atoms with Gasteiger partial charge in [-0.1, -0.05) is 42.5 Å². The fourth-order valence-electron chi connectivity index (χ4n) is 4.11. The SMILES string of the molecule is Cl.N=C(N)c1ccc(CCCN2CCCc3cc(NS(=O)(=O)c4ccccc4)ccc32)cc1. The van der Waals surface area contributed by atoms with E-state index in [1.165, 1.54) is 16.8 Å². The Balaban J connectivity index is 0.00000306. The molecule has 0 bridgehead atoms. The molecule has 0 aromatic heterocycles. The van der Waals surface area contributed by atoms with Gasteiger partial charge in [-0.25, -0.2) is 8.42 Å². The number of halogens is 1. The fraction of sp³-hybridized carbons (Fsp3) is 0.240. The number of rotatable bonds is 8. The lowest BCUT2D eigenvalue weighted by Gasteiger charge is -2.31. The van der Waals surface area contributed by atoms with Gasteiger partial charge in [0.25, 0.3) is 10.0 Å². The van der Waals surface area contributed by atoms with Crippen LogP contribution in [-0.2, 0) is 22.9 Å². The highest BCUT2D eigenvalue weighted by Crippen LogP contribution is 2.30.